The van der Waals surface area contributed by atoms with Gasteiger partial charge in [-0.1, -0.05) is 38.8 Å². The van der Waals surface area contributed by atoms with Crippen LogP contribution in [-0.2, 0) is 23.9 Å². The Labute approximate surface area is 176 Å². The van der Waals surface area contributed by atoms with Crippen LogP contribution in [0.5, 0.6) is 0 Å². The summed E-state index contributed by atoms with van der Waals surface area (Å²) in [6.45, 7) is 5.88. The molecular formula is C20H34O10. The summed E-state index contributed by atoms with van der Waals surface area (Å²) < 4.78 is 9.20. The Morgan fingerprint density at radius 3 is 1.50 bits per heavy atom. The molecule has 0 aromatic heterocycles. The molecule has 0 bridgehead atoms. The van der Waals surface area contributed by atoms with Crippen LogP contribution in [0.25, 0.3) is 0 Å². The second-order valence-corrected chi connectivity index (χ2v) is 6.29. The van der Waals surface area contributed by atoms with E-state index in [0.717, 1.165) is 51.0 Å². The summed E-state index contributed by atoms with van der Waals surface area (Å²) in [7, 11) is 0. The van der Waals surface area contributed by atoms with E-state index >= 15 is 0 Å². The third kappa shape index (κ3) is 16.8. The van der Waals surface area contributed by atoms with Crippen LogP contribution in [-0.4, -0.2) is 74.8 Å². The molecule has 0 saturated heterocycles. The van der Waals surface area contributed by atoms with E-state index in [0.29, 0.717) is 12.8 Å². The molecule has 0 rings (SSSR count). The van der Waals surface area contributed by atoms with Crippen molar-refractivity contribution in [2.45, 2.75) is 75.8 Å². The minimum Gasteiger partial charge on any atom is -0.435 e. The van der Waals surface area contributed by atoms with E-state index in [1.807, 2.05) is 0 Å². The lowest BCUT2D eigenvalue weighted by molar-refractivity contribution is -0.139. The third-order valence-electron chi connectivity index (χ3n) is 3.86. The van der Waals surface area contributed by atoms with Crippen molar-refractivity contribution in [2.75, 3.05) is 6.61 Å². The Morgan fingerprint density at radius 1 is 0.767 bits per heavy atom. The van der Waals surface area contributed by atoms with Gasteiger partial charge in [-0.25, -0.2) is 0 Å². The number of unbranched alkanes of at least 4 members (excludes halogenated alkanes) is 5. The number of ether oxygens (including phenoxy) is 2. The molecule has 10 nitrogen and oxygen atoms in total. The Balaban J connectivity index is 0. The number of esters is 2. The van der Waals surface area contributed by atoms with Gasteiger partial charge in [-0.3, -0.25) is 9.59 Å². The molecule has 0 saturated carbocycles. The largest absolute Gasteiger partial charge is 0.435 e. The molecule has 10 heteroatoms. The van der Waals surface area contributed by atoms with E-state index in [1.165, 1.54) is 0 Å². The summed E-state index contributed by atoms with van der Waals surface area (Å²) in [5.41, 5.74) is 0. The minimum absolute atomic E-state index is 0.0258. The van der Waals surface area contributed by atoms with E-state index < -0.39 is 31.0 Å². The number of hydrogen-bond donors (Lipinski definition) is 5. The van der Waals surface area contributed by atoms with Crippen molar-refractivity contribution >= 4 is 18.2 Å². The number of aliphatic hydroxyl groups excluding tert-OH is 5. The normalized spacial score (nSPS) is 14.2. The molecular weight excluding hydrogens is 400 g/mol. The van der Waals surface area contributed by atoms with E-state index in [4.69, 9.17) is 25.5 Å². The van der Waals surface area contributed by atoms with Crippen LogP contribution in [0, 0.1) is 0 Å². The van der Waals surface area contributed by atoms with Crippen LogP contribution >= 0.6 is 0 Å². The maximum absolute atomic E-state index is 11.0. The zero-order chi connectivity index (χ0) is 23.4. The molecule has 0 radical (unpaired) electrons. The van der Waals surface area contributed by atoms with Gasteiger partial charge in [0.05, 0.1) is 19.1 Å². The summed E-state index contributed by atoms with van der Waals surface area (Å²) in [5, 5.41) is 43.5. The smallest absolute Gasteiger partial charge is 0.310 e. The van der Waals surface area contributed by atoms with Crippen molar-refractivity contribution in [1.29, 1.82) is 0 Å². The molecule has 0 aromatic rings. The summed E-state index contributed by atoms with van der Waals surface area (Å²) in [4.78, 5) is 31.8. The molecule has 30 heavy (non-hydrogen) atoms. The number of hydrogen-bond acceptors (Lipinski definition) is 10. The van der Waals surface area contributed by atoms with E-state index in [9.17, 15) is 14.4 Å². The zero-order valence-corrected chi connectivity index (χ0v) is 17.1. The second kappa shape index (κ2) is 20.2. The van der Waals surface area contributed by atoms with Gasteiger partial charge >= 0.3 is 11.9 Å². The first-order valence-corrected chi connectivity index (χ1v) is 9.64. The monoisotopic (exact) mass is 434 g/mol. The molecule has 0 spiro atoms. The van der Waals surface area contributed by atoms with Crippen LogP contribution < -0.4 is 0 Å². The average Bonchev–Trinajstić information content (AvgIpc) is 2.74. The van der Waals surface area contributed by atoms with Gasteiger partial charge < -0.3 is 39.8 Å². The van der Waals surface area contributed by atoms with Gasteiger partial charge in [0.2, 0.25) is 0 Å². The highest BCUT2D eigenvalue weighted by atomic mass is 16.5. The fourth-order valence-electron chi connectivity index (χ4n) is 2.17. The third-order valence-corrected chi connectivity index (χ3v) is 3.86. The van der Waals surface area contributed by atoms with Crippen molar-refractivity contribution in [3.8, 4) is 0 Å². The Morgan fingerprint density at radius 2 is 1.17 bits per heavy atom. The summed E-state index contributed by atoms with van der Waals surface area (Å²) >= 11 is 0. The maximum atomic E-state index is 11.0. The van der Waals surface area contributed by atoms with Crippen LogP contribution in [0.15, 0.2) is 25.7 Å². The predicted octanol–water partition coefficient (Wildman–Crippen LogP) is 0.102. The van der Waals surface area contributed by atoms with E-state index in [-0.39, 0.29) is 18.2 Å². The molecule has 0 aliphatic carbocycles. The average molecular weight is 434 g/mol. The Kier molecular flexibility index (Phi) is 20.2. The Hall–Kier alpha value is -2.11. The molecule has 4 unspecified atom stereocenters. The standard InChI is InChI=1S/C14H22O4.C6H12O6/c1-3-17-13(15)11-9-7-5-6-8-10-12-14(16)18-4-2;7-1-3(9)5(11)6(12)4(10)2-8/h3-4H,1-2,5-12H2;1,3-6,8-12H,2H2. The first kappa shape index (κ1) is 30.1. The lowest BCUT2D eigenvalue weighted by Gasteiger charge is -2.22. The van der Waals surface area contributed by atoms with Crippen LogP contribution in [0.4, 0.5) is 0 Å². The van der Waals surface area contributed by atoms with Crippen molar-refractivity contribution < 1.29 is 49.4 Å². The van der Waals surface area contributed by atoms with Gasteiger partial charge in [0, 0.05) is 12.8 Å². The maximum Gasteiger partial charge on any atom is 0.310 e. The highest BCUT2D eigenvalue weighted by Crippen LogP contribution is 2.09. The summed E-state index contributed by atoms with van der Waals surface area (Å²) in [6.07, 6.45) is 2.18. The fourth-order valence-corrected chi connectivity index (χ4v) is 2.17. The van der Waals surface area contributed by atoms with Crippen molar-refractivity contribution in [3.05, 3.63) is 25.7 Å². The number of carbonyl (C=O) groups excluding carboxylic acids is 3. The lowest BCUT2D eigenvalue weighted by atomic mass is 10.0. The van der Waals surface area contributed by atoms with Gasteiger partial charge in [0.25, 0.3) is 0 Å². The molecule has 174 valence electrons. The summed E-state index contributed by atoms with van der Waals surface area (Å²) in [5.74, 6) is -0.450. The van der Waals surface area contributed by atoms with Crippen molar-refractivity contribution in [2.24, 2.45) is 0 Å². The molecule has 0 aliphatic rings. The van der Waals surface area contributed by atoms with Gasteiger partial charge in [-0.2, -0.15) is 0 Å². The molecule has 0 fully saturated rings. The van der Waals surface area contributed by atoms with Gasteiger partial charge in [-0.05, 0) is 12.8 Å². The SMILES string of the molecule is C=COC(=O)CCCCCCCCC(=O)OC=C.O=CC(O)C(O)C(O)C(O)CO. The highest BCUT2D eigenvalue weighted by Gasteiger charge is 2.29. The van der Waals surface area contributed by atoms with Crippen LogP contribution in [0.1, 0.15) is 51.4 Å². The molecule has 4 atom stereocenters. The fraction of sp³-hybridized carbons (Fsp3) is 0.650. The molecule has 0 amide bonds. The zero-order valence-electron chi connectivity index (χ0n) is 17.1. The second-order valence-electron chi connectivity index (χ2n) is 6.29. The van der Waals surface area contributed by atoms with Gasteiger partial charge in [-0.15, -0.1) is 0 Å². The summed E-state index contributed by atoms with van der Waals surface area (Å²) in [6, 6.07) is 0. The first-order valence-electron chi connectivity index (χ1n) is 9.64. The van der Waals surface area contributed by atoms with E-state index in [1.54, 1.807) is 0 Å². The predicted molar refractivity (Wildman–Crippen MR) is 107 cm³/mol. The molecule has 5 N–H and O–H groups in total. The van der Waals surface area contributed by atoms with Crippen molar-refractivity contribution in [1.82, 2.24) is 0 Å². The number of rotatable bonds is 16. The topological polar surface area (TPSA) is 171 Å². The molecule has 0 aliphatic heterocycles. The lowest BCUT2D eigenvalue weighted by Crippen LogP contribution is -2.46. The van der Waals surface area contributed by atoms with Gasteiger partial charge in [0.15, 0.2) is 6.29 Å². The molecule has 0 aromatic carbocycles. The molecule has 0 heterocycles. The number of aliphatic hydroxyl groups is 5. The van der Waals surface area contributed by atoms with Crippen LogP contribution in [0.2, 0.25) is 0 Å². The van der Waals surface area contributed by atoms with Gasteiger partial charge in [0.1, 0.15) is 24.4 Å². The Bertz CT molecular complexity index is 466. The van der Waals surface area contributed by atoms with E-state index in [2.05, 4.69) is 22.6 Å². The highest BCUT2D eigenvalue weighted by molar-refractivity contribution is 5.70. The van der Waals surface area contributed by atoms with Crippen LogP contribution in [0.3, 0.4) is 0 Å². The first-order chi connectivity index (χ1) is 14.2. The number of carbonyl (C=O) groups is 3. The van der Waals surface area contributed by atoms with Crippen molar-refractivity contribution in [3.63, 3.8) is 0 Å². The quantitative estimate of drug-likeness (QED) is 0.0971. The minimum atomic E-state index is -1.79. The number of aldehydes is 1.